The van der Waals surface area contributed by atoms with E-state index in [2.05, 4.69) is 20.8 Å². The summed E-state index contributed by atoms with van der Waals surface area (Å²) in [4.78, 5) is 47.1. The zero-order chi connectivity index (χ0) is 31.7. The van der Waals surface area contributed by atoms with Crippen LogP contribution in [0.5, 0.6) is 0 Å². The lowest BCUT2D eigenvalue weighted by Crippen LogP contribution is -2.63. The average molecular weight is 607 g/mol. The number of aliphatic hydroxyl groups excluding tert-OH is 1. The summed E-state index contributed by atoms with van der Waals surface area (Å²) in [5, 5.41) is 12.0. The molecule has 9 heteroatoms. The van der Waals surface area contributed by atoms with Gasteiger partial charge in [0.25, 0.3) is 0 Å². The van der Waals surface area contributed by atoms with Crippen LogP contribution in [0.3, 0.4) is 0 Å². The van der Waals surface area contributed by atoms with Crippen molar-refractivity contribution in [3.8, 4) is 0 Å². The summed E-state index contributed by atoms with van der Waals surface area (Å²) < 4.78 is 22.4. The van der Waals surface area contributed by atoms with E-state index in [1.165, 1.54) is 27.7 Å². The number of rotatable bonds is 10. The molecule has 4 rings (SSSR count). The van der Waals surface area contributed by atoms with Gasteiger partial charge in [-0.25, -0.2) is 0 Å². The van der Waals surface area contributed by atoms with Gasteiger partial charge >= 0.3 is 23.9 Å². The first-order valence-electron chi connectivity index (χ1n) is 16.5. The number of ether oxygens (including phenoxy) is 4. The van der Waals surface area contributed by atoms with Crippen molar-refractivity contribution in [2.45, 2.75) is 137 Å². The molecule has 0 saturated heterocycles. The monoisotopic (exact) mass is 606 g/mol. The molecule has 12 unspecified atom stereocenters. The van der Waals surface area contributed by atoms with Crippen LogP contribution in [0.1, 0.15) is 113 Å². The predicted octanol–water partition coefficient (Wildman–Crippen LogP) is 5.39. The lowest BCUT2D eigenvalue weighted by Gasteiger charge is -2.64. The van der Waals surface area contributed by atoms with E-state index >= 15 is 0 Å². The van der Waals surface area contributed by atoms with E-state index in [-0.39, 0.29) is 95.1 Å². The Hall–Kier alpha value is -2.16. The van der Waals surface area contributed by atoms with Crippen molar-refractivity contribution < 1.29 is 43.2 Å². The van der Waals surface area contributed by atoms with Gasteiger partial charge in [0.1, 0.15) is 18.3 Å². The Kier molecular flexibility index (Phi) is 10.6. The Morgan fingerprint density at radius 3 is 2.14 bits per heavy atom. The van der Waals surface area contributed by atoms with Gasteiger partial charge in [0.05, 0.1) is 12.7 Å². The molecule has 4 aliphatic carbocycles. The van der Waals surface area contributed by atoms with E-state index < -0.39 is 6.10 Å². The maximum absolute atomic E-state index is 12.4. The summed E-state index contributed by atoms with van der Waals surface area (Å²) in [6.45, 7) is 12.8. The highest BCUT2D eigenvalue weighted by molar-refractivity contribution is 5.67. The van der Waals surface area contributed by atoms with Crippen LogP contribution in [0.4, 0.5) is 0 Å². The second kappa shape index (κ2) is 13.5. The number of hydrogen-bond acceptors (Lipinski definition) is 9. The van der Waals surface area contributed by atoms with Gasteiger partial charge in [0.2, 0.25) is 0 Å². The molecule has 9 nitrogen and oxygen atoms in total. The van der Waals surface area contributed by atoms with Gasteiger partial charge in [-0.15, -0.1) is 0 Å². The summed E-state index contributed by atoms with van der Waals surface area (Å²) in [5.41, 5.74) is -0.324. The lowest BCUT2D eigenvalue weighted by molar-refractivity contribution is -0.218. The lowest BCUT2D eigenvalue weighted by atomic mass is 9.43. The van der Waals surface area contributed by atoms with Gasteiger partial charge in [-0.1, -0.05) is 20.8 Å². The second-order valence-electron chi connectivity index (χ2n) is 14.6. The smallest absolute Gasteiger partial charge is 0.302 e. The van der Waals surface area contributed by atoms with E-state index in [1.54, 1.807) is 0 Å². The normalized spacial score (nSPS) is 39.7. The largest absolute Gasteiger partial charge is 0.466 e. The highest BCUT2D eigenvalue weighted by atomic mass is 16.6. The van der Waals surface area contributed by atoms with E-state index in [0.29, 0.717) is 19.3 Å². The summed E-state index contributed by atoms with van der Waals surface area (Å²) in [6, 6.07) is 0. The number of carbonyl (C=O) groups excluding carboxylic acids is 4. The summed E-state index contributed by atoms with van der Waals surface area (Å²) in [7, 11) is 0. The third-order valence-corrected chi connectivity index (χ3v) is 12.1. The third-order valence-electron chi connectivity index (χ3n) is 12.1. The van der Waals surface area contributed by atoms with Crippen molar-refractivity contribution in [3.63, 3.8) is 0 Å². The van der Waals surface area contributed by atoms with E-state index in [9.17, 15) is 24.3 Å². The molecule has 0 amide bonds. The van der Waals surface area contributed by atoms with Crippen molar-refractivity contribution in [1.82, 2.24) is 0 Å². The fraction of sp³-hybridized carbons (Fsp3) is 0.882. The Morgan fingerprint density at radius 2 is 1.51 bits per heavy atom. The topological polar surface area (TPSA) is 125 Å². The van der Waals surface area contributed by atoms with Gasteiger partial charge in [-0.05, 0) is 98.2 Å². The molecule has 4 saturated carbocycles. The highest BCUT2D eigenvalue weighted by Crippen LogP contribution is 2.69. The molecule has 12 atom stereocenters. The van der Waals surface area contributed by atoms with Crippen molar-refractivity contribution >= 4 is 23.9 Å². The second-order valence-corrected chi connectivity index (χ2v) is 14.6. The number of hydrogen-bond donors (Lipinski definition) is 1. The van der Waals surface area contributed by atoms with E-state index in [1.807, 2.05) is 0 Å². The molecular weight excluding hydrogens is 552 g/mol. The zero-order valence-electron chi connectivity index (χ0n) is 27.3. The first-order valence-corrected chi connectivity index (χ1v) is 16.5. The van der Waals surface area contributed by atoms with Crippen LogP contribution in [0.25, 0.3) is 0 Å². The minimum atomic E-state index is -0.471. The minimum Gasteiger partial charge on any atom is -0.466 e. The molecule has 0 radical (unpaired) electrons. The fourth-order valence-corrected chi connectivity index (χ4v) is 10.2. The Balaban J connectivity index is 1.52. The minimum absolute atomic E-state index is 0.0107. The molecule has 4 fully saturated rings. The number of aliphatic hydroxyl groups is 1. The first-order chi connectivity index (χ1) is 20.2. The van der Waals surface area contributed by atoms with Crippen molar-refractivity contribution in [1.29, 1.82) is 0 Å². The van der Waals surface area contributed by atoms with E-state index in [0.717, 1.165) is 44.9 Å². The van der Waals surface area contributed by atoms with Crippen LogP contribution in [0.2, 0.25) is 0 Å². The molecule has 1 N–H and O–H groups in total. The molecule has 0 aliphatic heterocycles. The van der Waals surface area contributed by atoms with Crippen LogP contribution < -0.4 is 0 Å². The summed E-state index contributed by atoms with van der Waals surface area (Å²) in [6.07, 6.45) is 6.81. The summed E-state index contributed by atoms with van der Waals surface area (Å²) >= 11 is 0. The molecule has 0 spiro atoms. The molecule has 0 aromatic rings. The summed E-state index contributed by atoms with van der Waals surface area (Å²) in [5.74, 6) is 0.252. The van der Waals surface area contributed by atoms with Gasteiger partial charge in [0, 0.05) is 40.0 Å². The van der Waals surface area contributed by atoms with Crippen LogP contribution in [0.15, 0.2) is 0 Å². The van der Waals surface area contributed by atoms with Gasteiger partial charge in [0.15, 0.2) is 0 Å². The molecule has 0 aromatic heterocycles. The number of carbonyl (C=O) groups is 4. The Bertz CT molecular complexity index is 1040. The molecule has 244 valence electrons. The zero-order valence-corrected chi connectivity index (χ0v) is 27.3. The maximum atomic E-state index is 12.4. The molecule has 0 bridgehead atoms. The van der Waals surface area contributed by atoms with Crippen LogP contribution >= 0.6 is 0 Å². The average Bonchev–Trinajstić information content (AvgIpc) is 3.25. The van der Waals surface area contributed by atoms with Crippen LogP contribution in [-0.2, 0) is 38.1 Å². The molecule has 0 aromatic carbocycles. The van der Waals surface area contributed by atoms with Crippen molar-refractivity contribution in [2.24, 2.45) is 46.3 Å². The van der Waals surface area contributed by atoms with Crippen LogP contribution in [-0.4, -0.2) is 60.0 Å². The third kappa shape index (κ3) is 7.07. The number of esters is 4. The number of fused-ring (bicyclic) bond motifs is 5. The van der Waals surface area contributed by atoms with Crippen LogP contribution in [0, 0.1) is 46.3 Å². The molecule has 0 heterocycles. The molecule has 43 heavy (non-hydrogen) atoms. The quantitative estimate of drug-likeness (QED) is 0.257. The van der Waals surface area contributed by atoms with Gasteiger partial charge < -0.3 is 24.1 Å². The Labute approximate surface area is 257 Å². The fourth-order valence-electron chi connectivity index (χ4n) is 10.2. The first kappa shape index (κ1) is 33.7. The molecule has 4 aliphatic rings. The van der Waals surface area contributed by atoms with Crippen molar-refractivity contribution in [2.75, 3.05) is 6.61 Å². The van der Waals surface area contributed by atoms with Crippen molar-refractivity contribution in [3.05, 3.63) is 0 Å². The molecular formula is C34H54O9. The van der Waals surface area contributed by atoms with E-state index in [4.69, 9.17) is 18.9 Å². The van der Waals surface area contributed by atoms with Gasteiger partial charge in [-0.2, -0.15) is 0 Å². The SMILES string of the molecule is CC(=O)OCCC(CCC(C)C1CCC2C3C(OC(C)=O)CC4CC(OC(C)=O)CCC4(C)C3CC(O)C12C)OC(C)=O. The highest BCUT2D eigenvalue weighted by Gasteiger charge is 2.66. The standard InChI is InChI=1S/C34H54O9/c1-19(8-9-25(41-21(3)36)13-15-40-20(2)35)27-10-11-28-32-29(18-31(39)34(27,28)7)33(6)14-12-26(42-22(4)37)16-24(33)17-30(32)43-23(5)38/h19,24-32,39H,8-18H2,1-7H3. The predicted molar refractivity (Wildman–Crippen MR) is 158 cm³/mol. The maximum Gasteiger partial charge on any atom is 0.302 e. The van der Waals surface area contributed by atoms with Gasteiger partial charge in [-0.3, -0.25) is 19.2 Å². The Morgan fingerprint density at radius 1 is 0.814 bits per heavy atom.